The third kappa shape index (κ3) is 14.7. The molecule has 8 saturated carbocycles. The molecule has 8 aliphatic rings. The monoisotopic (exact) mass is 1820 g/mol. The fourth-order valence-corrected chi connectivity index (χ4v) is 37.1. The molecule has 0 aliphatic heterocycles. The highest BCUT2D eigenvalue weighted by Gasteiger charge is 2.60. The van der Waals surface area contributed by atoms with Crippen LogP contribution in [0.25, 0.3) is 88.9 Å². The maximum absolute atomic E-state index is 15.2. The van der Waals surface area contributed by atoms with Crippen LogP contribution in [0.4, 0.5) is 0 Å². The molecule has 0 spiro atoms. The minimum Gasteiger partial charge on any atom is -0.309 e. The van der Waals surface area contributed by atoms with Crippen LogP contribution in [0.1, 0.15) is 166 Å². The number of thiophene rings is 2. The third-order valence-electron chi connectivity index (χ3n) is 33.9. The lowest BCUT2D eigenvalue weighted by Gasteiger charge is -2.63. The van der Waals surface area contributed by atoms with Gasteiger partial charge in [-0.3, -0.25) is 0 Å². The minimum absolute atomic E-state index is 0.146. The number of fused-ring (bicyclic) bond motifs is 9. The molecule has 8 fully saturated rings. The summed E-state index contributed by atoms with van der Waals surface area (Å²) in [5.41, 5.74) is 37.0. The first kappa shape index (κ1) is 86.5. The zero-order valence-corrected chi connectivity index (χ0v) is 83.7. The lowest BCUT2D eigenvalue weighted by atomic mass is 9.34. The van der Waals surface area contributed by atoms with Crippen molar-refractivity contribution in [3.05, 3.63) is 417 Å². The molecular formula is C128H118B2OP2S2. The number of rotatable bonds is 16. The number of aryl methyl sites for hydroxylation is 12. The van der Waals surface area contributed by atoms with Crippen LogP contribution in [0.15, 0.2) is 328 Å². The molecule has 27 rings (SSSR count). The van der Waals surface area contributed by atoms with E-state index in [4.69, 9.17) is 0 Å². The second-order valence-corrected chi connectivity index (χ2v) is 50.3. The van der Waals surface area contributed by atoms with E-state index in [-0.39, 0.29) is 35.1 Å². The van der Waals surface area contributed by atoms with Crippen LogP contribution in [0, 0.1) is 107 Å². The van der Waals surface area contributed by atoms with Gasteiger partial charge in [-0.1, -0.05) is 398 Å². The quantitative estimate of drug-likeness (QED) is 0.0696. The molecule has 8 aliphatic carbocycles. The predicted molar refractivity (Wildman–Crippen MR) is 589 cm³/mol. The Morgan fingerprint density at radius 2 is 0.533 bits per heavy atom. The van der Waals surface area contributed by atoms with Gasteiger partial charge in [0, 0.05) is 55.7 Å². The molecule has 1 nitrogen and oxygen atoms in total. The summed E-state index contributed by atoms with van der Waals surface area (Å²) in [4.78, 5) is 0. The van der Waals surface area contributed by atoms with Crippen molar-refractivity contribution in [3.8, 4) is 27.6 Å². The second kappa shape index (κ2) is 33.2. The molecule has 16 aromatic carbocycles. The van der Waals surface area contributed by atoms with Gasteiger partial charge in [0.1, 0.15) is 0 Å². The van der Waals surface area contributed by atoms with E-state index in [0.717, 1.165) is 39.6 Å². The predicted octanol–water partition coefficient (Wildman–Crippen LogP) is 29.7. The third-order valence-corrected chi connectivity index (χ3v) is 41.9. The van der Waals surface area contributed by atoms with Crippen LogP contribution in [-0.2, 0) is 26.2 Å². The molecule has 0 amide bonds. The van der Waals surface area contributed by atoms with Crippen molar-refractivity contribution in [1.29, 1.82) is 0 Å². The fourth-order valence-electron chi connectivity index (χ4n) is 29.7. The molecule has 135 heavy (non-hydrogen) atoms. The summed E-state index contributed by atoms with van der Waals surface area (Å²) in [7, 11) is -3.55. The molecule has 0 radical (unpaired) electrons. The molecule has 19 aromatic rings. The van der Waals surface area contributed by atoms with Crippen molar-refractivity contribution in [2.45, 2.75) is 182 Å². The topological polar surface area (TPSA) is 17.1 Å². The first-order valence-corrected chi connectivity index (χ1v) is 54.5. The van der Waals surface area contributed by atoms with Crippen LogP contribution in [-0.4, -0.2) is 13.4 Å². The van der Waals surface area contributed by atoms with E-state index >= 15 is 4.57 Å². The first-order valence-electron chi connectivity index (χ1n) is 49.8. The van der Waals surface area contributed by atoms with Gasteiger partial charge in [0.25, 0.3) is 0 Å². The van der Waals surface area contributed by atoms with Gasteiger partial charge in [0.05, 0.1) is 0 Å². The molecule has 0 saturated heterocycles. The smallest absolute Gasteiger partial charge is 0.242 e. The van der Waals surface area contributed by atoms with E-state index in [9.17, 15) is 0 Å². The Morgan fingerprint density at radius 3 is 0.859 bits per heavy atom. The maximum atomic E-state index is 15.2. The van der Waals surface area contributed by atoms with Crippen LogP contribution in [0.5, 0.6) is 0 Å². The van der Waals surface area contributed by atoms with Crippen LogP contribution in [0.2, 0.25) is 0 Å². The van der Waals surface area contributed by atoms with Crippen molar-refractivity contribution in [1.82, 2.24) is 0 Å². The molecule has 3 heterocycles. The zero-order valence-electron chi connectivity index (χ0n) is 80.2. The molecule has 7 heteroatoms. The summed E-state index contributed by atoms with van der Waals surface area (Å²) in [5, 5.41) is 15.5. The summed E-state index contributed by atoms with van der Waals surface area (Å²) in [6.45, 7) is 27.7. The van der Waals surface area contributed by atoms with Gasteiger partial charge >= 0.3 is 0 Å². The molecule has 8 bridgehead atoms. The highest BCUT2D eigenvalue weighted by Crippen LogP contribution is 2.69. The minimum atomic E-state index is -3.02. The van der Waals surface area contributed by atoms with E-state index in [0.29, 0.717) is 0 Å². The largest absolute Gasteiger partial charge is 0.309 e. The average molecular weight is 1820 g/mol. The fraction of sp³-hybridized carbons (Fsp3) is 0.250. The Balaban J connectivity index is 0.000000148. The zero-order chi connectivity index (χ0) is 91.9. The van der Waals surface area contributed by atoms with E-state index in [1.165, 1.54) is 277 Å². The maximum Gasteiger partial charge on any atom is 0.242 e. The molecule has 0 N–H and O–H groups in total. The summed E-state index contributed by atoms with van der Waals surface area (Å²) < 4.78 is 20.7. The summed E-state index contributed by atoms with van der Waals surface area (Å²) >= 11 is 3.84. The van der Waals surface area contributed by atoms with Gasteiger partial charge in [0.15, 0.2) is 7.14 Å². The Hall–Kier alpha value is -11.4. The van der Waals surface area contributed by atoms with E-state index < -0.39 is 14.7 Å². The first-order chi connectivity index (χ1) is 65.4. The summed E-state index contributed by atoms with van der Waals surface area (Å²) in [6.07, 6.45) is 15.8. The van der Waals surface area contributed by atoms with Gasteiger partial charge in [-0.2, -0.15) is 0 Å². The van der Waals surface area contributed by atoms with Crippen LogP contribution < -0.4 is 48.7 Å². The molecular weight excluding hydrogens is 1700 g/mol. The van der Waals surface area contributed by atoms with Crippen molar-refractivity contribution in [2.24, 2.45) is 23.7 Å². The van der Waals surface area contributed by atoms with Crippen molar-refractivity contribution in [2.75, 3.05) is 0 Å². The van der Waals surface area contributed by atoms with Crippen LogP contribution in [0.3, 0.4) is 0 Å². The molecule has 664 valence electrons. The Labute approximate surface area is 808 Å². The summed E-state index contributed by atoms with van der Waals surface area (Å²) in [6, 6.07) is 126. The van der Waals surface area contributed by atoms with E-state index in [1.807, 2.05) is 83.3 Å². The lowest BCUT2D eigenvalue weighted by molar-refractivity contribution is -0.0282. The average Bonchev–Trinajstić information content (AvgIpc) is 1.34. The molecule has 4 unspecified atom stereocenters. The number of hydrogen-bond acceptors (Lipinski definition) is 3. The van der Waals surface area contributed by atoms with Gasteiger partial charge in [-0.05, 0) is 313 Å². The van der Waals surface area contributed by atoms with E-state index in [1.54, 1.807) is 11.1 Å². The standard InChI is InChI=1S/C64H60BOPS.C64H58BPS/c1-41-29-43(3)61(44(4)30-41)65(62-45(5)31-42(2)32-46(62)6)53-24-28-60-58(35-53)57-34-50(19-27-59(57)68-60)49-17-20-51(21-18-49)63-36-47-33-48(37-63)39-64(38-47,40-63)52-22-25-56(26-23-52)67(66,54-13-9-7-10-14-54)55-15-11-8-12-16-55;1-39-27-41(3)61(42(4)28-39)65(62-43(5)29-40(2)30-44(62)6)51-22-26-60-56(33-51)55-32-48(17-25-59(55)67-60)47-15-18-49(19-16-47)63-34-45-31-46(35-63)37-64(36-45,38-63)50-20-23-52(24-21-50)66-57-13-9-7-11-53(57)54-12-8-10-14-58(54)66/h7-32,34-35,47-48H,33,36-40H2,1-6H3;7-30,32-33,45-46H,31,34-38H2,1-6H3. The lowest BCUT2D eigenvalue weighted by Crippen LogP contribution is -2.56. The Morgan fingerprint density at radius 1 is 0.267 bits per heavy atom. The van der Waals surface area contributed by atoms with Gasteiger partial charge in [-0.15, -0.1) is 22.7 Å². The Kier molecular flexibility index (Phi) is 21.3. The Bertz CT molecular complexity index is 7700. The van der Waals surface area contributed by atoms with Crippen molar-refractivity contribution >= 4 is 161 Å². The number of hydrogen-bond donors (Lipinski definition) is 0. The highest BCUT2D eigenvalue weighted by atomic mass is 32.1. The SMILES string of the molecule is Cc1cc(C)c(B(c2ccc3sc4ccc(-c5ccc(C67CC8CC(C6)CC(c6ccc(-p9c%10ccccc%10c%10ccccc%109)cc6)(C8)C7)cc5)cc4c3c2)c2c(C)cc(C)cc2C)c(C)c1.Cc1cc(C)c(B(c2ccc3sc4ccc(-c5ccc(C67CC8CC(C6)CC(c6ccc(P(=O)(c9ccccc9)c9ccccc9)cc6)(C8)C7)cc5)cc4c3c2)c2c(C)cc(C)cc2C)c(C)c1. The second-order valence-electron chi connectivity index (χ2n) is 43.2. The van der Waals surface area contributed by atoms with Gasteiger partial charge < -0.3 is 4.57 Å². The van der Waals surface area contributed by atoms with Crippen molar-refractivity contribution < 1.29 is 4.57 Å². The molecule has 4 atom stereocenters. The van der Waals surface area contributed by atoms with Gasteiger partial charge in [0.2, 0.25) is 13.4 Å². The van der Waals surface area contributed by atoms with E-state index in [2.05, 4.69) is 350 Å². The molecule has 3 aromatic heterocycles. The normalized spacial score (nSPS) is 21.0. The highest BCUT2D eigenvalue weighted by molar-refractivity contribution is 7.85. The summed E-state index contributed by atoms with van der Waals surface area (Å²) in [5.74, 6) is 3.11. The van der Waals surface area contributed by atoms with Crippen molar-refractivity contribution in [3.63, 3.8) is 0 Å². The van der Waals surface area contributed by atoms with Gasteiger partial charge in [-0.25, -0.2) is 0 Å². The van der Waals surface area contributed by atoms with Crippen LogP contribution >= 0.6 is 37.3 Å². The number of benzene rings is 16.